The third kappa shape index (κ3) is 1.82. The van der Waals surface area contributed by atoms with Crippen LogP contribution in [0, 0.1) is 0 Å². The summed E-state index contributed by atoms with van der Waals surface area (Å²) in [4.78, 5) is 0. The summed E-state index contributed by atoms with van der Waals surface area (Å²) in [5.74, 6) is 0.981. The fourth-order valence-electron chi connectivity index (χ4n) is 2.14. The van der Waals surface area contributed by atoms with Gasteiger partial charge in [-0.05, 0) is 23.8 Å². The van der Waals surface area contributed by atoms with Crippen LogP contribution < -0.4 is 10.5 Å². The smallest absolute Gasteiger partial charge is 0.127 e. The molecule has 0 spiro atoms. The molecule has 0 atom stereocenters. The zero-order chi connectivity index (χ0) is 12.0. The van der Waals surface area contributed by atoms with E-state index in [-0.39, 0.29) is 11.0 Å². The van der Waals surface area contributed by atoms with Crippen LogP contribution in [0.3, 0.4) is 0 Å². The third-order valence-electron chi connectivity index (χ3n) is 3.35. The Morgan fingerprint density at radius 3 is 2.31 bits per heavy atom. The van der Waals surface area contributed by atoms with E-state index in [4.69, 9.17) is 10.5 Å². The SMILES string of the molecule is COc1c(C(C)(C)C)cccc1C1(N)CC1. The molecule has 1 aliphatic rings. The van der Waals surface area contributed by atoms with Gasteiger partial charge in [0, 0.05) is 11.1 Å². The first-order valence-electron chi connectivity index (χ1n) is 5.85. The molecular formula is C14H21NO. The van der Waals surface area contributed by atoms with Crippen LogP contribution in [-0.2, 0) is 11.0 Å². The molecule has 0 saturated heterocycles. The zero-order valence-corrected chi connectivity index (χ0v) is 10.6. The predicted octanol–water partition coefficient (Wildman–Crippen LogP) is 2.94. The van der Waals surface area contributed by atoms with Gasteiger partial charge in [0.1, 0.15) is 5.75 Å². The Hall–Kier alpha value is -1.02. The Morgan fingerprint density at radius 2 is 1.88 bits per heavy atom. The molecule has 0 unspecified atom stereocenters. The van der Waals surface area contributed by atoms with E-state index in [9.17, 15) is 0 Å². The van der Waals surface area contributed by atoms with E-state index in [0.29, 0.717) is 0 Å². The van der Waals surface area contributed by atoms with Gasteiger partial charge in [-0.15, -0.1) is 0 Å². The molecule has 88 valence electrons. The lowest BCUT2D eigenvalue weighted by Crippen LogP contribution is -2.22. The van der Waals surface area contributed by atoms with Crippen LogP contribution in [0.15, 0.2) is 18.2 Å². The molecule has 1 saturated carbocycles. The molecule has 0 amide bonds. The van der Waals surface area contributed by atoms with E-state index < -0.39 is 0 Å². The van der Waals surface area contributed by atoms with E-state index in [1.807, 2.05) is 0 Å². The van der Waals surface area contributed by atoms with E-state index in [1.165, 1.54) is 11.1 Å². The van der Waals surface area contributed by atoms with Gasteiger partial charge in [0.2, 0.25) is 0 Å². The van der Waals surface area contributed by atoms with E-state index >= 15 is 0 Å². The summed E-state index contributed by atoms with van der Waals surface area (Å²) < 4.78 is 5.59. The number of ether oxygens (including phenoxy) is 1. The minimum Gasteiger partial charge on any atom is -0.496 e. The number of nitrogens with two attached hydrogens (primary N) is 1. The highest BCUT2D eigenvalue weighted by Gasteiger charge is 2.43. The fourth-order valence-corrected chi connectivity index (χ4v) is 2.14. The topological polar surface area (TPSA) is 35.2 Å². The highest BCUT2D eigenvalue weighted by atomic mass is 16.5. The van der Waals surface area contributed by atoms with Crippen LogP contribution in [0.4, 0.5) is 0 Å². The van der Waals surface area contributed by atoms with Gasteiger partial charge in [-0.2, -0.15) is 0 Å². The number of para-hydroxylation sites is 1. The zero-order valence-electron chi connectivity index (χ0n) is 10.6. The molecule has 2 rings (SSSR count). The molecule has 1 aromatic rings. The first-order valence-corrected chi connectivity index (χ1v) is 5.85. The number of rotatable bonds is 2. The summed E-state index contributed by atoms with van der Waals surface area (Å²) in [7, 11) is 1.74. The van der Waals surface area contributed by atoms with Crippen LogP contribution in [0.25, 0.3) is 0 Å². The van der Waals surface area contributed by atoms with Crippen molar-refractivity contribution in [1.29, 1.82) is 0 Å². The van der Waals surface area contributed by atoms with E-state index in [0.717, 1.165) is 18.6 Å². The second-order valence-corrected chi connectivity index (χ2v) is 5.79. The van der Waals surface area contributed by atoms with Crippen LogP contribution in [0.1, 0.15) is 44.7 Å². The standard InChI is InChI=1S/C14H21NO/c1-13(2,3)10-6-5-7-11(12(10)16-4)14(15)8-9-14/h5-7H,8-9,15H2,1-4H3. The van der Waals surface area contributed by atoms with E-state index in [2.05, 4.69) is 39.0 Å². The molecular weight excluding hydrogens is 198 g/mol. The molecule has 1 fully saturated rings. The number of hydrogen-bond donors (Lipinski definition) is 1. The molecule has 0 heterocycles. The number of methoxy groups -OCH3 is 1. The Morgan fingerprint density at radius 1 is 1.25 bits per heavy atom. The maximum atomic E-state index is 6.28. The van der Waals surface area contributed by atoms with Gasteiger partial charge in [0.25, 0.3) is 0 Å². The highest BCUT2D eigenvalue weighted by molar-refractivity contribution is 5.50. The van der Waals surface area contributed by atoms with Crippen LogP contribution in [0.5, 0.6) is 5.75 Å². The van der Waals surface area contributed by atoms with Crippen molar-refractivity contribution < 1.29 is 4.74 Å². The average molecular weight is 219 g/mol. The first kappa shape index (κ1) is 11.5. The molecule has 1 aliphatic carbocycles. The monoisotopic (exact) mass is 219 g/mol. The summed E-state index contributed by atoms with van der Waals surface area (Å²) >= 11 is 0. The van der Waals surface area contributed by atoms with Gasteiger partial charge in [0.15, 0.2) is 0 Å². The maximum Gasteiger partial charge on any atom is 0.127 e. The van der Waals surface area contributed by atoms with E-state index in [1.54, 1.807) is 7.11 Å². The van der Waals surface area contributed by atoms with Gasteiger partial charge >= 0.3 is 0 Å². The normalized spacial score (nSPS) is 18.3. The molecule has 16 heavy (non-hydrogen) atoms. The number of hydrogen-bond acceptors (Lipinski definition) is 2. The molecule has 1 aromatic carbocycles. The van der Waals surface area contributed by atoms with Crippen LogP contribution in [-0.4, -0.2) is 7.11 Å². The Labute approximate surface area is 97.8 Å². The lowest BCUT2D eigenvalue weighted by molar-refractivity contribution is 0.387. The van der Waals surface area contributed by atoms with Crippen molar-refractivity contribution in [3.8, 4) is 5.75 Å². The molecule has 0 aliphatic heterocycles. The molecule has 0 radical (unpaired) electrons. The largest absolute Gasteiger partial charge is 0.496 e. The van der Waals surface area contributed by atoms with Crippen LogP contribution >= 0.6 is 0 Å². The second kappa shape index (κ2) is 3.49. The van der Waals surface area contributed by atoms with Gasteiger partial charge in [0.05, 0.1) is 7.11 Å². The Bertz CT molecular complexity index is 376. The summed E-state index contributed by atoms with van der Waals surface area (Å²) in [5, 5.41) is 0. The van der Waals surface area contributed by atoms with Gasteiger partial charge in [-0.25, -0.2) is 0 Å². The van der Waals surface area contributed by atoms with Gasteiger partial charge in [-0.3, -0.25) is 0 Å². The van der Waals surface area contributed by atoms with Crippen molar-refractivity contribution in [3.05, 3.63) is 29.3 Å². The van der Waals surface area contributed by atoms with Crippen molar-refractivity contribution in [2.24, 2.45) is 5.73 Å². The Kier molecular flexibility index (Phi) is 2.50. The summed E-state index contributed by atoms with van der Waals surface area (Å²) in [6.45, 7) is 6.60. The van der Waals surface area contributed by atoms with Crippen molar-refractivity contribution in [2.45, 2.75) is 44.6 Å². The molecule has 0 bridgehead atoms. The van der Waals surface area contributed by atoms with Crippen LogP contribution in [0.2, 0.25) is 0 Å². The average Bonchev–Trinajstić information content (AvgIpc) is 2.95. The second-order valence-electron chi connectivity index (χ2n) is 5.79. The molecule has 2 N–H and O–H groups in total. The first-order chi connectivity index (χ1) is 7.38. The minimum absolute atomic E-state index is 0.0899. The minimum atomic E-state index is -0.132. The van der Waals surface area contributed by atoms with Gasteiger partial charge in [-0.1, -0.05) is 39.0 Å². The third-order valence-corrected chi connectivity index (χ3v) is 3.35. The Balaban J connectivity index is 2.56. The number of benzene rings is 1. The van der Waals surface area contributed by atoms with Crippen molar-refractivity contribution in [3.63, 3.8) is 0 Å². The predicted molar refractivity (Wildman–Crippen MR) is 66.8 cm³/mol. The summed E-state index contributed by atoms with van der Waals surface area (Å²) in [5.41, 5.74) is 8.64. The fraction of sp³-hybridized carbons (Fsp3) is 0.571. The summed E-state index contributed by atoms with van der Waals surface area (Å²) in [6, 6.07) is 6.32. The van der Waals surface area contributed by atoms with Crippen molar-refractivity contribution >= 4 is 0 Å². The molecule has 0 aromatic heterocycles. The lowest BCUT2D eigenvalue weighted by atomic mass is 9.84. The summed E-state index contributed by atoms with van der Waals surface area (Å²) in [6.07, 6.45) is 2.13. The maximum absolute atomic E-state index is 6.28. The highest BCUT2D eigenvalue weighted by Crippen LogP contribution is 2.48. The van der Waals surface area contributed by atoms with Gasteiger partial charge < -0.3 is 10.5 Å². The quantitative estimate of drug-likeness (QED) is 0.830. The van der Waals surface area contributed by atoms with Crippen molar-refractivity contribution in [1.82, 2.24) is 0 Å². The van der Waals surface area contributed by atoms with Crippen molar-refractivity contribution in [2.75, 3.05) is 7.11 Å². The molecule has 2 heteroatoms. The molecule has 2 nitrogen and oxygen atoms in total. The lowest BCUT2D eigenvalue weighted by Gasteiger charge is -2.25.